The maximum atomic E-state index is 12.8. The molecule has 0 radical (unpaired) electrons. The lowest BCUT2D eigenvalue weighted by molar-refractivity contribution is 0.0989. The van der Waals surface area contributed by atoms with Gasteiger partial charge in [-0.1, -0.05) is 60.7 Å². The molecule has 2 aromatic heterocycles. The highest BCUT2D eigenvalue weighted by atomic mass is 16.1. The van der Waals surface area contributed by atoms with Crippen molar-refractivity contribution in [2.75, 3.05) is 0 Å². The zero-order valence-corrected chi connectivity index (χ0v) is 22.3. The van der Waals surface area contributed by atoms with Crippen molar-refractivity contribution < 1.29 is 9.59 Å². The number of para-hydroxylation sites is 4. The van der Waals surface area contributed by atoms with Gasteiger partial charge in [-0.2, -0.15) is 0 Å². The van der Waals surface area contributed by atoms with E-state index in [2.05, 4.69) is 9.97 Å². The molecule has 2 amide bonds. The fourth-order valence-corrected chi connectivity index (χ4v) is 5.44. The summed E-state index contributed by atoms with van der Waals surface area (Å²) in [5.41, 5.74) is 19.9. The van der Waals surface area contributed by atoms with Crippen LogP contribution in [0.2, 0.25) is 0 Å². The van der Waals surface area contributed by atoms with E-state index in [9.17, 15) is 9.59 Å². The number of hydrogen-bond donors (Lipinski definition) is 4. The molecular formula is C34H24N6O2. The fourth-order valence-electron chi connectivity index (χ4n) is 5.44. The maximum Gasteiger partial charge on any atom is 0.249 e. The number of primary amides is 2. The number of hydrogen-bond acceptors (Lipinski definition) is 4. The summed E-state index contributed by atoms with van der Waals surface area (Å²) in [6, 6.07) is 33.9. The van der Waals surface area contributed by atoms with E-state index in [4.69, 9.17) is 21.4 Å². The molecule has 0 unspecified atom stereocenters. The summed E-state index contributed by atoms with van der Waals surface area (Å²) >= 11 is 0. The van der Waals surface area contributed by atoms with Gasteiger partial charge >= 0.3 is 0 Å². The third kappa shape index (κ3) is 4.28. The van der Waals surface area contributed by atoms with Gasteiger partial charge in [0, 0.05) is 33.4 Å². The Hall–Kier alpha value is -6.02. The summed E-state index contributed by atoms with van der Waals surface area (Å²) in [6.07, 6.45) is 0. The quantitative estimate of drug-likeness (QED) is 0.193. The smallest absolute Gasteiger partial charge is 0.249 e. The third-order valence-corrected chi connectivity index (χ3v) is 7.36. The van der Waals surface area contributed by atoms with Crippen LogP contribution in [-0.2, 0) is 0 Å². The van der Waals surface area contributed by atoms with E-state index < -0.39 is 11.8 Å². The molecule has 0 aliphatic rings. The van der Waals surface area contributed by atoms with Crippen LogP contribution in [0.15, 0.2) is 109 Å². The van der Waals surface area contributed by atoms with E-state index in [0.29, 0.717) is 33.9 Å². The van der Waals surface area contributed by atoms with Crippen LogP contribution in [0.3, 0.4) is 0 Å². The maximum absolute atomic E-state index is 12.8. The first-order valence-electron chi connectivity index (χ1n) is 13.3. The van der Waals surface area contributed by atoms with Crippen LogP contribution in [0.1, 0.15) is 20.7 Å². The molecule has 8 heteroatoms. The number of nitrogens with one attached hydrogen (secondary N) is 2. The number of aromatic amines is 2. The molecule has 0 spiro atoms. The van der Waals surface area contributed by atoms with E-state index in [1.165, 1.54) is 0 Å². The summed E-state index contributed by atoms with van der Waals surface area (Å²) in [4.78, 5) is 41.8. The number of rotatable bonds is 6. The average Bonchev–Trinajstić information content (AvgIpc) is 3.65. The lowest BCUT2D eigenvalue weighted by atomic mass is 9.85. The van der Waals surface area contributed by atoms with Crippen LogP contribution in [0, 0.1) is 0 Å². The second-order valence-electron chi connectivity index (χ2n) is 10.0. The molecule has 7 aromatic rings. The fraction of sp³-hybridized carbons (Fsp3) is 0. The van der Waals surface area contributed by atoms with E-state index in [1.54, 1.807) is 12.1 Å². The van der Waals surface area contributed by atoms with Crippen LogP contribution in [0.25, 0.3) is 67.1 Å². The highest BCUT2D eigenvalue weighted by Gasteiger charge is 2.23. The van der Waals surface area contributed by atoms with Crippen molar-refractivity contribution >= 4 is 33.9 Å². The number of benzene rings is 5. The van der Waals surface area contributed by atoms with Crippen molar-refractivity contribution in [3.63, 3.8) is 0 Å². The number of amides is 2. The van der Waals surface area contributed by atoms with Crippen molar-refractivity contribution in [1.82, 2.24) is 19.9 Å². The van der Waals surface area contributed by atoms with Gasteiger partial charge in [0.2, 0.25) is 11.8 Å². The number of H-pyrrole nitrogens is 2. The summed E-state index contributed by atoms with van der Waals surface area (Å²) in [6.45, 7) is 0. The number of fused-ring (bicyclic) bond motifs is 2. The largest absolute Gasteiger partial charge is 0.366 e. The minimum atomic E-state index is -0.621. The first-order chi connectivity index (χ1) is 20.5. The Morgan fingerprint density at radius 2 is 0.905 bits per heavy atom. The molecule has 0 bridgehead atoms. The Morgan fingerprint density at radius 3 is 1.31 bits per heavy atom. The predicted molar refractivity (Wildman–Crippen MR) is 165 cm³/mol. The summed E-state index contributed by atoms with van der Waals surface area (Å²) in [5.74, 6) is 0.117. The van der Waals surface area contributed by atoms with E-state index in [-0.39, 0.29) is 11.1 Å². The monoisotopic (exact) mass is 548 g/mol. The van der Waals surface area contributed by atoms with Crippen LogP contribution in [0.4, 0.5) is 0 Å². The molecule has 42 heavy (non-hydrogen) atoms. The van der Waals surface area contributed by atoms with Crippen LogP contribution >= 0.6 is 0 Å². The molecule has 5 aromatic carbocycles. The summed E-state index contributed by atoms with van der Waals surface area (Å²) < 4.78 is 0. The van der Waals surface area contributed by atoms with E-state index in [0.717, 1.165) is 33.2 Å². The lowest BCUT2D eigenvalue weighted by Gasteiger charge is -2.18. The highest BCUT2D eigenvalue weighted by molar-refractivity contribution is 6.11. The van der Waals surface area contributed by atoms with Gasteiger partial charge in [0.25, 0.3) is 0 Å². The number of aromatic nitrogens is 4. The Bertz CT molecular complexity index is 1950. The van der Waals surface area contributed by atoms with Crippen molar-refractivity contribution in [3.8, 4) is 45.0 Å². The zero-order chi connectivity index (χ0) is 28.8. The summed E-state index contributed by atoms with van der Waals surface area (Å²) in [7, 11) is 0. The first-order valence-corrected chi connectivity index (χ1v) is 13.3. The normalized spacial score (nSPS) is 11.2. The van der Waals surface area contributed by atoms with Gasteiger partial charge in [0.15, 0.2) is 0 Å². The van der Waals surface area contributed by atoms with Crippen LogP contribution in [-0.4, -0.2) is 31.8 Å². The van der Waals surface area contributed by atoms with Gasteiger partial charge in [-0.05, 0) is 59.7 Å². The highest BCUT2D eigenvalue weighted by Crippen LogP contribution is 2.40. The average molecular weight is 549 g/mol. The molecule has 0 fully saturated rings. The Balaban J connectivity index is 1.45. The Morgan fingerprint density at radius 1 is 0.500 bits per heavy atom. The van der Waals surface area contributed by atoms with Gasteiger partial charge < -0.3 is 21.4 Å². The molecule has 0 saturated heterocycles. The predicted octanol–water partition coefficient (Wildman–Crippen LogP) is 6.31. The second-order valence-corrected chi connectivity index (χ2v) is 10.0. The molecule has 0 atom stereocenters. The minimum Gasteiger partial charge on any atom is -0.366 e. The van der Waals surface area contributed by atoms with Crippen molar-refractivity contribution in [2.24, 2.45) is 11.5 Å². The van der Waals surface area contributed by atoms with Crippen LogP contribution < -0.4 is 11.5 Å². The first kappa shape index (κ1) is 25.0. The number of imidazole rings is 2. The number of carbonyl (C=O) groups is 2. The van der Waals surface area contributed by atoms with Gasteiger partial charge in [0.1, 0.15) is 11.6 Å². The molecule has 0 aliphatic carbocycles. The molecule has 6 N–H and O–H groups in total. The van der Waals surface area contributed by atoms with Crippen molar-refractivity contribution in [2.45, 2.75) is 0 Å². The van der Waals surface area contributed by atoms with Crippen molar-refractivity contribution in [1.29, 1.82) is 0 Å². The van der Waals surface area contributed by atoms with Gasteiger partial charge in [-0.25, -0.2) is 9.97 Å². The van der Waals surface area contributed by atoms with Gasteiger partial charge in [0.05, 0.1) is 22.1 Å². The van der Waals surface area contributed by atoms with Crippen molar-refractivity contribution in [3.05, 3.63) is 120 Å². The minimum absolute atomic E-state index is 0.269. The molecule has 7 rings (SSSR count). The number of carbonyl (C=O) groups excluding carboxylic acids is 2. The summed E-state index contributed by atoms with van der Waals surface area (Å²) in [5, 5.41) is 0. The standard InChI is InChI=1S/C34H24N6O2/c35-31(41)23-15-16-24(32(36)42)30(20-8-6-10-22(18-20)34-39-27-13-3-4-14-28(27)40-34)29(23)19-7-5-9-21(17-19)33-37-25-11-1-2-12-26(25)38-33/h1-18H,(H2,35,41)(H2,36,42)(H,37,38)(H,39,40). The van der Waals surface area contributed by atoms with Crippen LogP contribution in [0.5, 0.6) is 0 Å². The molecular weight excluding hydrogens is 524 g/mol. The molecule has 2 heterocycles. The Labute approximate surface area is 240 Å². The molecule has 202 valence electrons. The second kappa shape index (κ2) is 9.87. The zero-order valence-electron chi connectivity index (χ0n) is 22.3. The SMILES string of the molecule is NC(=O)c1ccc(C(N)=O)c(-c2cccc(-c3nc4ccccc4[nH]3)c2)c1-c1cccc(-c2nc3ccccc3[nH]2)c1. The molecule has 8 nitrogen and oxygen atoms in total. The van der Waals surface area contributed by atoms with Gasteiger partial charge in [-0.15, -0.1) is 0 Å². The van der Waals surface area contributed by atoms with E-state index in [1.807, 2.05) is 97.1 Å². The number of nitrogens with zero attached hydrogens (tertiary/aromatic N) is 2. The number of nitrogens with two attached hydrogens (primary N) is 2. The van der Waals surface area contributed by atoms with E-state index >= 15 is 0 Å². The van der Waals surface area contributed by atoms with Gasteiger partial charge in [-0.3, -0.25) is 9.59 Å². The topological polar surface area (TPSA) is 144 Å². The molecule has 0 saturated carbocycles. The lowest BCUT2D eigenvalue weighted by Crippen LogP contribution is -2.17. The molecule has 0 aliphatic heterocycles. The Kier molecular flexibility index (Phi) is 5.87. The third-order valence-electron chi connectivity index (χ3n) is 7.36.